The van der Waals surface area contributed by atoms with Crippen molar-refractivity contribution in [1.29, 1.82) is 0 Å². The summed E-state index contributed by atoms with van der Waals surface area (Å²) in [6.45, 7) is 6.37. The molecule has 1 N–H and O–H groups in total. The van der Waals surface area contributed by atoms with Crippen LogP contribution in [-0.2, 0) is 0 Å². The van der Waals surface area contributed by atoms with E-state index in [1.807, 2.05) is 6.07 Å². The Morgan fingerprint density at radius 3 is 2.52 bits per heavy atom. The molecular formula is C21H24N4. The molecule has 0 unspecified atom stereocenters. The summed E-state index contributed by atoms with van der Waals surface area (Å²) in [5.74, 6) is 1.73. The summed E-state index contributed by atoms with van der Waals surface area (Å²) in [5.41, 5.74) is 4.52. The summed E-state index contributed by atoms with van der Waals surface area (Å²) in [6.07, 6.45) is 3.78. The molecule has 2 aromatic carbocycles. The van der Waals surface area contributed by atoms with Crippen molar-refractivity contribution >= 4 is 28.4 Å². The Kier molecular flexibility index (Phi) is 4.26. The molecule has 0 saturated carbocycles. The molecule has 0 radical (unpaired) electrons. The summed E-state index contributed by atoms with van der Waals surface area (Å²) >= 11 is 0. The third-order valence-corrected chi connectivity index (χ3v) is 4.87. The van der Waals surface area contributed by atoms with Crippen molar-refractivity contribution < 1.29 is 0 Å². The molecule has 1 aromatic heterocycles. The molecule has 1 saturated heterocycles. The molecule has 4 heteroatoms. The predicted octanol–water partition coefficient (Wildman–Crippen LogP) is 4.98. The highest BCUT2D eigenvalue weighted by atomic mass is 15.2. The first kappa shape index (κ1) is 15.9. The van der Waals surface area contributed by atoms with E-state index in [1.54, 1.807) is 0 Å². The second-order valence-corrected chi connectivity index (χ2v) is 6.88. The van der Waals surface area contributed by atoms with Crippen molar-refractivity contribution in [1.82, 2.24) is 9.97 Å². The minimum absolute atomic E-state index is 0.672. The number of fused-ring (bicyclic) bond motifs is 1. The number of rotatable bonds is 3. The third kappa shape index (κ3) is 3.29. The quantitative estimate of drug-likeness (QED) is 0.734. The lowest BCUT2D eigenvalue weighted by atomic mass is 10.1. The minimum atomic E-state index is 0.672. The maximum Gasteiger partial charge on any atom is 0.229 e. The smallest absolute Gasteiger partial charge is 0.229 e. The summed E-state index contributed by atoms with van der Waals surface area (Å²) in [6, 6.07) is 14.7. The minimum Gasteiger partial charge on any atom is -0.356 e. The molecular weight excluding hydrogens is 308 g/mol. The van der Waals surface area contributed by atoms with Crippen LogP contribution in [0.5, 0.6) is 0 Å². The number of nitrogens with one attached hydrogen (secondary N) is 1. The number of aromatic nitrogens is 2. The molecule has 1 aliphatic rings. The zero-order valence-electron chi connectivity index (χ0n) is 14.9. The zero-order valence-corrected chi connectivity index (χ0v) is 14.9. The molecule has 25 heavy (non-hydrogen) atoms. The van der Waals surface area contributed by atoms with Crippen LogP contribution in [0.25, 0.3) is 10.9 Å². The lowest BCUT2D eigenvalue weighted by molar-refractivity contribution is 0.575. The first-order valence-electron chi connectivity index (χ1n) is 9.07. The number of piperidine rings is 1. The number of hydrogen-bond donors (Lipinski definition) is 1. The Hall–Kier alpha value is -2.62. The van der Waals surface area contributed by atoms with Crippen LogP contribution in [0, 0.1) is 13.8 Å². The molecule has 2 heterocycles. The van der Waals surface area contributed by atoms with Crippen molar-refractivity contribution in [3.05, 3.63) is 53.6 Å². The van der Waals surface area contributed by atoms with E-state index in [4.69, 9.17) is 9.97 Å². The molecule has 0 aliphatic carbocycles. The van der Waals surface area contributed by atoms with Crippen LogP contribution >= 0.6 is 0 Å². The normalized spacial score (nSPS) is 14.7. The largest absolute Gasteiger partial charge is 0.356 e. The molecule has 3 aromatic rings. The number of anilines is 3. The maximum atomic E-state index is 4.89. The van der Waals surface area contributed by atoms with Crippen LogP contribution in [0.15, 0.2) is 42.5 Å². The van der Waals surface area contributed by atoms with Gasteiger partial charge in [-0.05, 0) is 56.9 Å². The summed E-state index contributed by atoms with van der Waals surface area (Å²) in [4.78, 5) is 12.0. The van der Waals surface area contributed by atoms with E-state index in [2.05, 4.69) is 60.5 Å². The summed E-state index contributed by atoms with van der Waals surface area (Å²) in [7, 11) is 0. The molecule has 0 atom stereocenters. The molecule has 1 aliphatic heterocycles. The highest BCUT2D eigenvalue weighted by Crippen LogP contribution is 2.29. The van der Waals surface area contributed by atoms with Gasteiger partial charge in [0.25, 0.3) is 0 Å². The van der Waals surface area contributed by atoms with Crippen LogP contribution in [-0.4, -0.2) is 23.1 Å². The van der Waals surface area contributed by atoms with E-state index in [9.17, 15) is 0 Å². The van der Waals surface area contributed by atoms with Crippen LogP contribution in [0.2, 0.25) is 0 Å². The highest BCUT2D eigenvalue weighted by Gasteiger charge is 2.17. The average Bonchev–Trinajstić information content (AvgIpc) is 2.64. The zero-order chi connectivity index (χ0) is 17.2. The standard InChI is InChI=1S/C21H24N4/c1-15-10-11-18(16(2)14-15)22-21-23-19-9-5-4-8-17(19)20(24-21)25-12-6-3-7-13-25/h4-5,8-11,14H,3,6-7,12-13H2,1-2H3,(H,22,23,24). The first-order chi connectivity index (χ1) is 12.2. The summed E-state index contributed by atoms with van der Waals surface area (Å²) < 4.78 is 0. The van der Waals surface area contributed by atoms with E-state index in [1.165, 1.54) is 30.4 Å². The van der Waals surface area contributed by atoms with Crippen molar-refractivity contribution in [2.75, 3.05) is 23.3 Å². The van der Waals surface area contributed by atoms with E-state index >= 15 is 0 Å². The van der Waals surface area contributed by atoms with Gasteiger partial charge in [0.05, 0.1) is 5.52 Å². The molecule has 4 nitrogen and oxygen atoms in total. The first-order valence-corrected chi connectivity index (χ1v) is 9.07. The van der Waals surface area contributed by atoms with Gasteiger partial charge in [0, 0.05) is 24.2 Å². The van der Waals surface area contributed by atoms with Crippen molar-refractivity contribution in [3.8, 4) is 0 Å². The second-order valence-electron chi connectivity index (χ2n) is 6.88. The van der Waals surface area contributed by atoms with Gasteiger partial charge < -0.3 is 10.2 Å². The predicted molar refractivity (Wildman–Crippen MR) is 105 cm³/mol. The van der Waals surface area contributed by atoms with Crippen LogP contribution in [0.4, 0.5) is 17.5 Å². The fourth-order valence-electron chi connectivity index (χ4n) is 3.54. The Labute approximate surface area is 148 Å². The van der Waals surface area contributed by atoms with Crippen molar-refractivity contribution in [2.45, 2.75) is 33.1 Å². The molecule has 4 rings (SSSR count). The Morgan fingerprint density at radius 2 is 1.72 bits per heavy atom. The van der Waals surface area contributed by atoms with Gasteiger partial charge in [-0.15, -0.1) is 0 Å². The van der Waals surface area contributed by atoms with Crippen molar-refractivity contribution in [2.24, 2.45) is 0 Å². The summed E-state index contributed by atoms with van der Waals surface area (Å²) in [5, 5.41) is 4.56. The van der Waals surface area contributed by atoms with Gasteiger partial charge in [-0.3, -0.25) is 0 Å². The number of benzene rings is 2. The lowest BCUT2D eigenvalue weighted by Crippen LogP contribution is -2.30. The van der Waals surface area contributed by atoms with Gasteiger partial charge in [0.15, 0.2) is 0 Å². The number of hydrogen-bond acceptors (Lipinski definition) is 4. The van der Waals surface area contributed by atoms with Gasteiger partial charge >= 0.3 is 0 Å². The van der Waals surface area contributed by atoms with Crippen LogP contribution in [0.3, 0.4) is 0 Å². The van der Waals surface area contributed by atoms with E-state index in [0.717, 1.165) is 35.5 Å². The Balaban J connectivity index is 1.76. The van der Waals surface area contributed by atoms with Gasteiger partial charge in [-0.1, -0.05) is 29.8 Å². The van der Waals surface area contributed by atoms with E-state index in [0.29, 0.717) is 5.95 Å². The van der Waals surface area contributed by atoms with E-state index in [-0.39, 0.29) is 0 Å². The SMILES string of the molecule is Cc1ccc(Nc2nc(N3CCCCC3)c3ccccc3n2)c(C)c1. The Morgan fingerprint density at radius 1 is 0.920 bits per heavy atom. The molecule has 0 spiro atoms. The van der Waals surface area contributed by atoms with Gasteiger partial charge in [-0.2, -0.15) is 4.98 Å². The molecule has 128 valence electrons. The monoisotopic (exact) mass is 332 g/mol. The average molecular weight is 332 g/mol. The number of aryl methyl sites for hydroxylation is 2. The lowest BCUT2D eigenvalue weighted by Gasteiger charge is -2.29. The molecule has 1 fully saturated rings. The molecule has 0 amide bonds. The van der Waals surface area contributed by atoms with Crippen LogP contribution < -0.4 is 10.2 Å². The van der Waals surface area contributed by atoms with Crippen LogP contribution in [0.1, 0.15) is 30.4 Å². The number of para-hydroxylation sites is 1. The van der Waals surface area contributed by atoms with E-state index < -0.39 is 0 Å². The maximum absolute atomic E-state index is 4.89. The number of nitrogens with zero attached hydrogens (tertiary/aromatic N) is 3. The Bertz CT molecular complexity index is 898. The van der Waals surface area contributed by atoms with Gasteiger partial charge in [-0.25, -0.2) is 4.98 Å². The van der Waals surface area contributed by atoms with Crippen molar-refractivity contribution in [3.63, 3.8) is 0 Å². The fourth-order valence-corrected chi connectivity index (χ4v) is 3.54. The molecule has 0 bridgehead atoms. The van der Waals surface area contributed by atoms with Gasteiger partial charge in [0.2, 0.25) is 5.95 Å². The second kappa shape index (κ2) is 6.71. The highest BCUT2D eigenvalue weighted by molar-refractivity contribution is 5.90. The topological polar surface area (TPSA) is 41.1 Å². The third-order valence-electron chi connectivity index (χ3n) is 4.87. The fraction of sp³-hybridized carbons (Fsp3) is 0.333. The van der Waals surface area contributed by atoms with Gasteiger partial charge in [0.1, 0.15) is 5.82 Å².